The summed E-state index contributed by atoms with van der Waals surface area (Å²) in [6.45, 7) is 13.9. The van der Waals surface area contributed by atoms with Gasteiger partial charge in [0, 0.05) is 23.5 Å². The third-order valence-electron chi connectivity index (χ3n) is 10.4. The molecule has 1 saturated heterocycles. The number of Topliss-reactive ketones (excluding diaryl/α,β-unsaturated/α-hetero) is 1. The van der Waals surface area contributed by atoms with Crippen molar-refractivity contribution in [3.8, 4) is 0 Å². The fourth-order valence-electron chi connectivity index (χ4n) is 7.54. The van der Waals surface area contributed by atoms with E-state index in [1.54, 1.807) is 0 Å². The second kappa shape index (κ2) is 19.0. The Morgan fingerprint density at radius 3 is 2.20 bits per heavy atom. The number of urea groups is 1. The largest absolute Gasteiger partial charge is 0.444 e. The summed E-state index contributed by atoms with van der Waals surface area (Å²) in [5.41, 5.74) is 4.35. The van der Waals surface area contributed by atoms with Crippen LogP contribution in [0.5, 0.6) is 0 Å². The number of nitrogens with one attached hydrogen (secondary N) is 4. The summed E-state index contributed by atoms with van der Waals surface area (Å²) >= 11 is 1.81. The summed E-state index contributed by atoms with van der Waals surface area (Å²) in [6, 6.07) is -3.65. The number of ether oxygens (including phenoxy) is 1. The monoisotopic (exact) mass is 734 g/mol. The van der Waals surface area contributed by atoms with Gasteiger partial charge in [0.05, 0.1) is 18.1 Å². The fourth-order valence-corrected chi connectivity index (χ4v) is 8.61. The molecule has 14 heteroatoms. The molecule has 13 nitrogen and oxygen atoms in total. The number of amides is 6. The van der Waals surface area contributed by atoms with Crippen LogP contribution in [0.3, 0.4) is 0 Å². The first-order chi connectivity index (χ1) is 24.0. The van der Waals surface area contributed by atoms with Gasteiger partial charge in [-0.05, 0) is 37.5 Å². The average Bonchev–Trinajstić information content (AvgIpc) is 3.50. The summed E-state index contributed by atoms with van der Waals surface area (Å²) in [5.74, 6) is -2.01. The number of nitrogens with zero attached hydrogens (tertiary/aromatic N) is 1. The Morgan fingerprint density at radius 2 is 1.63 bits per heavy atom. The van der Waals surface area contributed by atoms with E-state index in [1.807, 2.05) is 25.6 Å². The third-order valence-corrected chi connectivity index (χ3v) is 12.0. The van der Waals surface area contributed by atoms with Gasteiger partial charge in [-0.15, -0.1) is 6.58 Å². The summed E-state index contributed by atoms with van der Waals surface area (Å²) in [4.78, 5) is 81.6. The minimum atomic E-state index is -1.14. The van der Waals surface area contributed by atoms with E-state index in [4.69, 9.17) is 10.5 Å². The Bertz CT molecular complexity index is 1260. The van der Waals surface area contributed by atoms with Gasteiger partial charge < -0.3 is 36.6 Å². The van der Waals surface area contributed by atoms with Gasteiger partial charge >= 0.3 is 12.1 Å². The summed E-state index contributed by atoms with van der Waals surface area (Å²) in [7, 11) is 0. The second-order valence-electron chi connectivity index (χ2n) is 15.9. The number of hydrogen-bond acceptors (Lipinski definition) is 8. The topological polar surface area (TPSA) is 189 Å². The molecule has 0 spiro atoms. The van der Waals surface area contributed by atoms with Gasteiger partial charge in [-0.2, -0.15) is 11.8 Å². The SMILES string of the molecule is C=CCNC(=O)C(=O)C(CCCC)NC(=O)[C@@H]1C[C@@H](OC(N)=O)CN1C(=O)[C@@H](NC(=O)NC1(CSC(C)(C)C)CCCCC1)C1(C)CCCCC1. The minimum Gasteiger partial charge on any atom is -0.444 e. The molecule has 0 aromatic heterocycles. The lowest BCUT2D eigenvalue weighted by molar-refractivity contribution is -0.144. The minimum absolute atomic E-state index is 0.0150. The molecule has 0 aromatic carbocycles. The Hall–Kier alpha value is -3.29. The first kappa shape index (κ1) is 42.1. The summed E-state index contributed by atoms with van der Waals surface area (Å²) in [5, 5.41) is 11.6. The lowest BCUT2D eigenvalue weighted by Gasteiger charge is -2.44. The molecule has 2 aliphatic carbocycles. The Kier molecular flexibility index (Phi) is 15.7. The van der Waals surface area contributed by atoms with Crippen molar-refractivity contribution in [2.75, 3.05) is 18.8 Å². The number of carbonyl (C=O) groups is 6. The number of nitrogens with two attached hydrogens (primary N) is 1. The van der Waals surface area contributed by atoms with Crippen LogP contribution in [-0.4, -0.2) is 93.9 Å². The molecule has 4 atom stereocenters. The molecule has 1 unspecified atom stereocenters. The van der Waals surface area contributed by atoms with Crippen LogP contribution in [0.1, 0.15) is 125 Å². The first-order valence-corrected chi connectivity index (χ1v) is 19.7. The van der Waals surface area contributed by atoms with Crippen LogP contribution in [0.25, 0.3) is 0 Å². The zero-order valence-electron chi connectivity index (χ0n) is 31.4. The van der Waals surface area contributed by atoms with Crippen LogP contribution in [-0.2, 0) is 23.9 Å². The highest BCUT2D eigenvalue weighted by molar-refractivity contribution is 8.00. The van der Waals surface area contributed by atoms with Crippen LogP contribution in [0.2, 0.25) is 0 Å². The van der Waals surface area contributed by atoms with Crippen LogP contribution in [0, 0.1) is 5.41 Å². The van der Waals surface area contributed by atoms with Gasteiger partial charge in [0.2, 0.25) is 17.6 Å². The average molecular weight is 735 g/mol. The standard InChI is InChI=1S/C37H62N6O7S/c1-7-9-16-26(28(44)31(46)39-21-8-2)40-30(45)27-22-25(50-33(38)48)23-43(27)32(47)29(36(6)17-12-10-13-18-36)41-34(49)42-37(19-14-11-15-20-37)24-51-35(3,4)5/h8,25-27,29H,2,7,9-24H2,1,3-6H3,(H2,38,48)(H,39,46)(H,40,45)(H2,41,42,49)/t25-,26?,27+,29-/m1/s1. The smallest absolute Gasteiger partial charge is 0.404 e. The van der Waals surface area contributed by atoms with Gasteiger partial charge in [-0.3, -0.25) is 19.2 Å². The van der Waals surface area contributed by atoms with Crippen molar-refractivity contribution in [1.82, 2.24) is 26.2 Å². The van der Waals surface area contributed by atoms with Gasteiger partial charge in [0.1, 0.15) is 18.2 Å². The van der Waals surface area contributed by atoms with Crippen LogP contribution < -0.4 is 27.0 Å². The Morgan fingerprint density at radius 1 is 1.00 bits per heavy atom. The molecule has 0 bridgehead atoms. The highest BCUT2D eigenvalue weighted by Crippen LogP contribution is 2.41. The molecule has 0 aromatic rings. The molecule has 2 saturated carbocycles. The molecule has 1 aliphatic heterocycles. The first-order valence-electron chi connectivity index (χ1n) is 18.8. The van der Waals surface area contributed by atoms with E-state index in [-0.39, 0.29) is 30.7 Å². The molecular weight excluding hydrogens is 673 g/mol. The van der Waals surface area contributed by atoms with E-state index in [0.29, 0.717) is 19.3 Å². The molecule has 3 aliphatic rings. The van der Waals surface area contributed by atoms with Gasteiger partial charge in [-0.25, -0.2) is 9.59 Å². The number of ketones is 1. The predicted molar refractivity (Wildman–Crippen MR) is 199 cm³/mol. The highest BCUT2D eigenvalue weighted by atomic mass is 32.2. The van der Waals surface area contributed by atoms with Crippen molar-refractivity contribution in [3.05, 3.63) is 12.7 Å². The maximum Gasteiger partial charge on any atom is 0.404 e. The number of hydrogen-bond donors (Lipinski definition) is 5. The summed E-state index contributed by atoms with van der Waals surface area (Å²) < 4.78 is 5.31. The van der Waals surface area contributed by atoms with Crippen molar-refractivity contribution in [1.29, 1.82) is 0 Å². The number of carbonyl (C=O) groups excluding carboxylic acids is 6. The lowest BCUT2D eigenvalue weighted by atomic mass is 9.70. The summed E-state index contributed by atoms with van der Waals surface area (Å²) in [6.07, 6.45) is 10.0. The quantitative estimate of drug-likeness (QED) is 0.113. The number of unbranched alkanes of at least 4 members (excludes halogenated alkanes) is 1. The van der Waals surface area contributed by atoms with Crippen molar-refractivity contribution >= 4 is 47.4 Å². The number of thioether (sulfide) groups is 1. The number of likely N-dealkylation sites (tertiary alicyclic amines) is 1. The molecule has 51 heavy (non-hydrogen) atoms. The molecule has 288 valence electrons. The van der Waals surface area contributed by atoms with E-state index < -0.39 is 70.8 Å². The number of rotatable bonds is 16. The van der Waals surface area contributed by atoms with Crippen molar-refractivity contribution < 1.29 is 33.5 Å². The van der Waals surface area contributed by atoms with Crippen LogP contribution in [0.4, 0.5) is 9.59 Å². The van der Waals surface area contributed by atoms with E-state index in [2.05, 4.69) is 48.6 Å². The Balaban J connectivity index is 1.91. The molecule has 3 fully saturated rings. The number of primary amides is 1. The molecule has 6 amide bonds. The van der Waals surface area contributed by atoms with Gasteiger partial charge in [0.25, 0.3) is 5.91 Å². The fraction of sp³-hybridized carbons (Fsp3) is 0.784. The molecule has 1 heterocycles. The molecule has 0 radical (unpaired) electrons. The maximum atomic E-state index is 14.8. The predicted octanol–water partition coefficient (Wildman–Crippen LogP) is 4.47. The molecule has 6 N–H and O–H groups in total. The van der Waals surface area contributed by atoms with Crippen LogP contribution in [0.15, 0.2) is 12.7 Å². The highest BCUT2D eigenvalue weighted by Gasteiger charge is 2.49. The van der Waals surface area contributed by atoms with Crippen molar-refractivity contribution in [2.24, 2.45) is 11.1 Å². The Labute approximate surface area is 308 Å². The van der Waals surface area contributed by atoms with E-state index in [1.165, 1.54) is 11.0 Å². The van der Waals surface area contributed by atoms with Crippen molar-refractivity contribution in [2.45, 2.75) is 159 Å². The maximum absolute atomic E-state index is 14.8. The van der Waals surface area contributed by atoms with E-state index >= 15 is 0 Å². The molecular formula is C37H62N6O7S. The van der Waals surface area contributed by atoms with Crippen LogP contribution >= 0.6 is 11.8 Å². The lowest BCUT2D eigenvalue weighted by Crippen LogP contribution is -2.63. The third kappa shape index (κ3) is 12.4. The second-order valence-corrected chi connectivity index (χ2v) is 17.7. The zero-order valence-corrected chi connectivity index (χ0v) is 32.2. The molecule has 3 rings (SSSR count). The van der Waals surface area contributed by atoms with E-state index in [0.717, 1.165) is 63.5 Å². The van der Waals surface area contributed by atoms with Gasteiger partial charge in [-0.1, -0.05) is 92.1 Å². The van der Waals surface area contributed by atoms with E-state index in [9.17, 15) is 28.8 Å². The normalized spacial score (nSPS) is 22.5. The van der Waals surface area contributed by atoms with Gasteiger partial charge in [0.15, 0.2) is 0 Å². The zero-order chi connectivity index (χ0) is 37.8. The van der Waals surface area contributed by atoms with Crippen molar-refractivity contribution in [3.63, 3.8) is 0 Å².